The fourth-order valence-electron chi connectivity index (χ4n) is 1.48. The third kappa shape index (κ3) is 3.36. The van der Waals surface area contributed by atoms with Gasteiger partial charge in [0.2, 0.25) is 0 Å². The summed E-state index contributed by atoms with van der Waals surface area (Å²) in [6, 6.07) is 9.66. The smallest absolute Gasteiger partial charge is 0.305 e. The molecule has 0 saturated carbocycles. The predicted octanol–water partition coefficient (Wildman–Crippen LogP) is 1.89. The first-order valence-electron chi connectivity index (χ1n) is 5.02. The lowest BCUT2D eigenvalue weighted by atomic mass is 9.93. The van der Waals surface area contributed by atoms with Crippen molar-refractivity contribution < 1.29 is 9.53 Å². The molecular formula is C12H17NO2. The quantitative estimate of drug-likeness (QED) is 0.767. The van der Waals surface area contributed by atoms with E-state index >= 15 is 0 Å². The van der Waals surface area contributed by atoms with E-state index in [-0.39, 0.29) is 17.9 Å². The van der Waals surface area contributed by atoms with Crippen molar-refractivity contribution in [3.05, 3.63) is 35.9 Å². The predicted molar refractivity (Wildman–Crippen MR) is 59.2 cm³/mol. The van der Waals surface area contributed by atoms with Gasteiger partial charge in [0.15, 0.2) is 0 Å². The van der Waals surface area contributed by atoms with Gasteiger partial charge in [-0.05, 0) is 11.5 Å². The zero-order chi connectivity index (χ0) is 11.3. The molecule has 0 spiro atoms. The molecule has 3 nitrogen and oxygen atoms in total. The number of hydrogen-bond acceptors (Lipinski definition) is 3. The third-order valence-electron chi connectivity index (χ3n) is 2.51. The molecule has 0 aliphatic heterocycles. The molecule has 0 fully saturated rings. The van der Waals surface area contributed by atoms with Gasteiger partial charge in [-0.15, -0.1) is 0 Å². The Kier molecular flexibility index (Phi) is 4.31. The van der Waals surface area contributed by atoms with Crippen molar-refractivity contribution in [3.8, 4) is 0 Å². The van der Waals surface area contributed by atoms with Crippen molar-refractivity contribution in [2.45, 2.75) is 19.4 Å². The Morgan fingerprint density at radius 2 is 2.00 bits per heavy atom. The van der Waals surface area contributed by atoms with Gasteiger partial charge in [-0.3, -0.25) is 4.79 Å². The maximum atomic E-state index is 11.1. The van der Waals surface area contributed by atoms with Crippen LogP contribution in [0.1, 0.15) is 24.9 Å². The molecule has 0 saturated heterocycles. The maximum Gasteiger partial charge on any atom is 0.305 e. The van der Waals surface area contributed by atoms with Gasteiger partial charge in [0, 0.05) is 12.5 Å². The molecule has 1 aromatic rings. The van der Waals surface area contributed by atoms with Crippen LogP contribution < -0.4 is 5.73 Å². The average molecular weight is 207 g/mol. The van der Waals surface area contributed by atoms with Crippen LogP contribution in [-0.4, -0.2) is 13.1 Å². The Balaban J connectivity index is 2.61. The first-order valence-corrected chi connectivity index (χ1v) is 5.02. The fraction of sp³-hybridized carbons (Fsp3) is 0.417. The number of rotatable bonds is 4. The van der Waals surface area contributed by atoms with Crippen LogP contribution in [0.25, 0.3) is 0 Å². The maximum absolute atomic E-state index is 11.1. The molecule has 1 rings (SSSR count). The lowest BCUT2D eigenvalue weighted by molar-refractivity contribution is -0.141. The van der Waals surface area contributed by atoms with Crippen molar-refractivity contribution in [1.29, 1.82) is 0 Å². The summed E-state index contributed by atoms with van der Waals surface area (Å²) in [5, 5.41) is 0. The summed E-state index contributed by atoms with van der Waals surface area (Å²) in [5.41, 5.74) is 7.08. The summed E-state index contributed by atoms with van der Waals surface area (Å²) in [5.74, 6) is -0.131. The number of benzene rings is 1. The number of carbonyl (C=O) groups excluding carboxylic acids is 1. The summed E-state index contributed by atoms with van der Waals surface area (Å²) in [7, 11) is 1.39. The molecular weight excluding hydrogens is 190 g/mol. The Hall–Kier alpha value is -1.35. The second-order valence-electron chi connectivity index (χ2n) is 3.69. The summed E-state index contributed by atoms with van der Waals surface area (Å²) >= 11 is 0. The topological polar surface area (TPSA) is 52.3 Å². The molecule has 1 aromatic carbocycles. The highest BCUT2D eigenvalue weighted by Crippen LogP contribution is 2.21. The highest BCUT2D eigenvalue weighted by molar-refractivity contribution is 5.69. The molecule has 0 aliphatic carbocycles. The number of methoxy groups -OCH3 is 1. The minimum Gasteiger partial charge on any atom is -0.469 e. The van der Waals surface area contributed by atoms with Crippen molar-refractivity contribution in [2.24, 2.45) is 11.7 Å². The van der Waals surface area contributed by atoms with E-state index in [4.69, 9.17) is 5.73 Å². The molecule has 3 heteroatoms. The second-order valence-corrected chi connectivity index (χ2v) is 3.69. The summed E-state index contributed by atoms with van der Waals surface area (Å²) < 4.78 is 4.61. The summed E-state index contributed by atoms with van der Waals surface area (Å²) in [6.45, 7) is 1.95. The molecule has 2 unspecified atom stereocenters. The lowest BCUT2D eigenvalue weighted by Crippen LogP contribution is -2.22. The Morgan fingerprint density at radius 3 is 2.53 bits per heavy atom. The van der Waals surface area contributed by atoms with Crippen LogP contribution in [0.2, 0.25) is 0 Å². The van der Waals surface area contributed by atoms with Crippen LogP contribution in [-0.2, 0) is 9.53 Å². The van der Waals surface area contributed by atoms with Crippen LogP contribution in [0.5, 0.6) is 0 Å². The molecule has 82 valence electrons. The van der Waals surface area contributed by atoms with E-state index in [1.807, 2.05) is 37.3 Å². The van der Waals surface area contributed by atoms with Gasteiger partial charge < -0.3 is 10.5 Å². The van der Waals surface area contributed by atoms with E-state index in [9.17, 15) is 4.79 Å². The van der Waals surface area contributed by atoms with E-state index in [1.165, 1.54) is 7.11 Å². The van der Waals surface area contributed by atoms with Crippen LogP contribution >= 0.6 is 0 Å². The van der Waals surface area contributed by atoms with Gasteiger partial charge in [-0.1, -0.05) is 37.3 Å². The SMILES string of the molecule is COC(=O)CC(C)C(N)c1ccccc1. The Bertz CT molecular complexity index is 311. The molecule has 0 radical (unpaired) electrons. The molecule has 2 N–H and O–H groups in total. The lowest BCUT2D eigenvalue weighted by Gasteiger charge is -2.18. The first-order chi connectivity index (χ1) is 7.15. The molecule has 15 heavy (non-hydrogen) atoms. The van der Waals surface area contributed by atoms with E-state index in [2.05, 4.69) is 4.74 Å². The number of nitrogens with two attached hydrogens (primary N) is 1. The van der Waals surface area contributed by atoms with E-state index in [0.717, 1.165) is 5.56 Å². The van der Waals surface area contributed by atoms with Gasteiger partial charge in [0.05, 0.1) is 7.11 Å². The number of carbonyl (C=O) groups is 1. The van der Waals surface area contributed by atoms with Crippen LogP contribution in [0.15, 0.2) is 30.3 Å². The Labute approximate surface area is 90.2 Å². The normalized spacial score (nSPS) is 14.3. The van der Waals surface area contributed by atoms with E-state index in [0.29, 0.717) is 6.42 Å². The van der Waals surface area contributed by atoms with Crippen LogP contribution in [0, 0.1) is 5.92 Å². The van der Waals surface area contributed by atoms with Crippen molar-refractivity contribution in [1.82, 2.24) is 0 Å². The summed E-state index contributed by atoms with van der Waals surface area (Å²) in [4.78, 5) is 11.1. The standard InChI is InChI=1S/C12H17NO2/c1-9(8-11(14)15-2)12(13)10-6-4-3-5-7-10/h3-7,9,12H,8,13H2,1-2H3. The van der Waals surface area contributed by atoms with Crippen molar-refractivity contribution >= 4 is 5.97 Å². The minimum absolute atomic E-state index is 0.0832. The van der Waals surface area contributed by atoms with Gasteiger partial charge in [-0.25, -0.2) is 0 Å². The van der Waals surface area contributed by atoms with E-state index in [1.54, 1.807) is 0 Å². The monoisotopic (exact) mass is 207 g/mol. The number of esters is 1. The first kappa shape index (κ1) is 11.7. The second kappa shape index (κ2) is 5.51. The fourth-order valence-corrected chi connectivity index (χ4v) is 1.48. The molecule has 0 bridgehead atoms. The van der Waals surface area contributed by atoms with Crippen molar-refractivity contribution in [2.75, 3.05) is 7.11 Å². The van der Waals surface area contributed by atoms with Gasteiger partial charge in [-0.2, -0.15) is 0 Å². The Morgan fingerprint density at radius 1 is 1.40 bits per heavy atom. The van der Waals surface area contributed by atoms with E-state index < -0.39 is 0 Å². The molecule has 0 amide bonds. The molecule has 0 aliphatic rings. The highest BCUT2D eigenvalue weighted by atomic mass is 16.5. The van der Waals surface area contributed by atoms with Crippen molar-refractivity contribution in [3.63, 3.8) is 0 Å². The molecule has 0 heterocycles. The van der Waals surface area contributed by atoms with Gasteiger partial charge in [0.1, 0.15) is 0 Å². The largest absolute Gasteiger partial charge is 0.469 e. The average Bonchev–Trinajstić information content (AvgIpc) is 2.29. The highest BCUT2D eigenvalue weighted by Gasteiger charge is 2.17. The van der Waals surface area contributed by atoms with Crippen LogP contribution in [0.3, 0.4) is 0 Å². The number of hydrogen-bond donors (Lipinski definition) is 1. The van der Waals surface area contributed by atoms with Crippen LogP contribution in [0.4, 0.5) is 0 Å². The minimum atomic E-state index is -0.214. The zero-order valence-corrected chi connectivity index (χ0v) is 9.14. The zero-order valence-electron chi connectivity index (χ0n) is 9.14. The van der Waals surface area contributed by atoms with Gasteiger partial charge >= 0.3 is 5.97 Å². The summed E-state index contributed by atoms with van der Waals surface area (Å²) in [6.07, 6.45) is 0.354. The van der Waals surface area contributed by atoms with Gasteiger partial charge in [0.25, 0.3) is 0 Å². The molecule has 2 atom stereocenters. The third-order valence-corrected chi connectivity index (χ3v) is 2.51. The number of ether oxygens (including phenoxy) is 1. The molecule has 0 aromatic heterocycles.